The summed E-state index contributed by atoms with van der Waals surface area (Å²) in [6.45, 7) is -0.301. The molecule has 1 unspecified atom stereocenters. The van der Waals surface area contributed by atoms with Gasteiger partial charge in [-0.25, -0.2) is 19.0 Å². The van der Waals surface area contributed by atoms with Gasteiger partial charge in [0.15, 0.2) is 0 Å². The summed E-state index contributed by atoms with van der Waals surface area (Å²) in [5.74, 6) is -0.886. The molecule has 3 N–H and O–H groups in total. The Morgan fingerprint density at radius 2 is 1.77 bits per heavy atom. The van der Waals surface area contributed by atoms with Crippen molar-refractivity contribution in [2.24, 2.45) is 4.99 Å². The van der Waals surface area contributed by atoms with Crippen molar-refractivity contribution in [1.29, 1.82) is 0 Å². The minimum atomic E-state index is -1.25. The highest BCUT2D eigenvalue weighted by Gasteiger charge is 2.14. The van der Waals surface area contributed by atoms with Gasteiger partial charge in [0, 0.05) is 5.56 Å². The number of amides is 2. The molecule has 0 radical (unpaired) electrons. The van der Waals surface area contributed by atoms with Crippen LogP contribution in [0.2, 0.25) is 0 Å². The first-order chi connectivity index (χ1) is 10.5. The van der Waals surface area contributed by atoms with Gasteiger partial charge in [-0.15, -0.1) is 0 Å². The molecule has 0 heterocycles. The van der Waals surface area contributed by atoms with Crippen molar-refractivity contribution in [3.05, 3.63) is 35.6 Å². The number of carbonyl (C=O) groups is 2. The summed E-state index contributed by atoms with van der Waals surface area (Å²) in [7, 11) is 2.25. The van der Waals surface area contributed by atoms with E-state index in [2.05, 4.69) is 25.1 Å². The highest BCUT2D eigenvalue weighted by Crippen LogP contribution is 2.16. The first kappa shape index (κ1) is 17.4. The molecule has 1 rings (SSSR count). The van der Waals surface area contributed by atoms with Crippen molar-refractivity contribution in [2.75, 3.05) is 20.8 Å². The van der Waals surface area contributed by atoms with Gasteiger partial charge < -0.3 is 14.6 Å². The molecule has 0 saturated carbocycles. The van der Waals surface area contributed by atoms with Gasteiger partial charge in [-0.05, 0) is 6.07 Å². The zero-order valence-corrected chi connectivity index (χ0v) is 12.0. The van der Waals surface area contributed by atoms with Crippen LogP contribution in [-0.2, 0) is 9.47 Å². The Morgan fingerprint density at radius 1 is 1.23 bits per heavy atom. The number of nitrogens with one attached hydrogen (secondary N) is 2. The molecule has 1 atom stereocenters. The first-order valence-electron chi connectivity index (χ1n) is 6.14. The molecule has 9 heteroatoms. The SMILES string of the molecule is COC(=O)NC(=NCC(O)c1ccccc1F)NC(=O)OC. The quantitative estimate of drug-likeness (QED) is 0.568. The fourth-order valence-electron chi connectivity index (χ4n) is 1.43. The number of rotatable bonds is 3. The number of guanidine groups is 1. The second kappa shape index (κ2) is 8.57. The van der Waals surface area contributed by atoms with Crippen LogP contribution in [0.1, 0.15) is 11.7 Å². The zero-order valence-electron chi connectivity index (χ0n) is 12.0. The van der Waals surface area contributed by atoms with Crippen LogP contribution in [0.3, 0.4) is 0 Å². The van der Waals surface area contributed by atoms with Crippen LogP contribution in [-0.4, -0.2) is 44.0 Å². The summed E-state index contributed by atoms with van der Waals surface area (Å²) in [5, 5.41) is 14.1. The van der Waals surface area contributed by atoms with Crippen LogP contribution in [0.25, 0.3) is 0 Å². The lowest BCUT2D eigenvalue weighted by molar-refractivity contribution is 0.171. The minimum absolute atomic E-state index is 0.0433. The zero-order chi connectivity index (χ0) is 16.5. The number of aliphatic hydroxyl groups is 1. The smallest absolute Gasteiger partial charge is 0.413 e. The fourth-order valence-corrected chi connectivity index (χ4v) is 1.43. The van der Waals surface area contributed by atoms with Crippen molar-refractivity contribution in [3.8, 4) is 0 Å². The van der Waals surface area contributed by atoms with Crippen molar-refractivity contribution in [1.82, 2.24) is 10.6 Å². The molecule has 8 nitrogen and oxygen atoms in total. The lowest BCUT2D eigenvalue weighted by atomic mass is 10.1. The third kappa shape index (κ3) is 5.37. The summed E-state index contributed by atoms with van der Waals surface area (Å²) in [5.41, 5.74) is 0.0433. The lowest BCUT2D eigenvalue weighted by Crippen LogP contribution is -2.44. The number of hydrogen-bond acceptors (Lipinski definition) is 6. The second-order valence-corrected chi connectivity index (χ2v) is 3.96. The molecule has 22 heavy (non-hydrogen) atoms. The van der Waals surface area contributed by atoms with Crippen LogP contribution in [0.15, 0.2) is 29.3 Å². The van der Waals surface area contributed by atoms with Crippen molar-refractivity contribution < 1.29 is 28.6 Å². The second-order valence-electron chi connectivity index (χ2n) is 3.96. The average molecular weight is 313 g/mol. The van der Waals surface area contributed by atoms with E-state index in [9.17, 15) is 19.1 Å². The van der Waals surface area contributed by atoms with Crippen LogP contribution < -0.4 is 10.6 Å². The summed E-state index contributed by atoms with van der Waals surface area (Å²) in [6.07, 6.45) is -3.01. The van der Waals surface area contributed by atoms with E-state index in [0.29, 0.717) is 0 Å². The standard InChI is InChI=1S/C13H16FN3O5/c1-21-12(19)16-11(17-13(20)22-2)15-7-10(18)8-5-3-4-6-9(8)14/h3-6,10,18H,7H2,1-2H3,(H2,15,16,17,19,20). The van der Waals surface area contributed by atoms with Crippen molar-refractivity contribution in [3.63, 3.8) is 0 Å². The van der Waals surface area contributed by atoms with Crippen LogP contribution >= 0.6 is 0 Å². The van der Waals surface area contributed by atoms with E-state index in [1.165, 1.54) is 18.2 Å². The number of aliphatic hydroxyl groups excluding tert-OH is 1. The van der Waals surface area contributed by atoms with Gasteiger partial charge >= 0.3 is 12.2 Å². The third-order valence-electron chi connectivity index (χ3n) is 2.50. The summed E-state index contributed by atoms with van der Waals surface area (Å²) >= 11 is 0. The molecular weight excluding hydrogens is 297 g/mol. The highest BCUT2D eigenvalue weighted by atomic mass is 19.1. The van der Waals surface area contributed by atoms with Crippen LogP contribution in [0.5, 0.6) is 0 Å². The molecule has 120 valence electrons. The topological polar surface area (TPSA) is 109 Å². The van der Waals surface area contributed by atoms with Crippen molar-refractivity contribution >= 4 is 18.1 Å². The minimum Gasteiger partial charge on any atom is -0.453 e. The molecule has 1 aromatic carbocycles. The molecular formula is C13H16FN3O5. The van der Waals surface area contributed by atoms with Gasteiger partial charge in [-0.2, -0.15) is 0 Å². The number of alkyl carbamates (subject to hydrolysis) is 2. The molecule has 2 amide bonds. The molecule has 0 bridgehead atoms. The summed E-state index contributed by atoms with van der Waals surface area (Å²) in [6, 6.07) is 5.64. The van der Waals surface area contributed by atoms with Crippen molar-refractivity contribution in [2.45, 2.75) is 6.10 Å². The van der Waals surface area contributed by atoms with E-state index in [1.807, 2.05) is 0 Å². The third-order valence-corrected chi connectivity index (χ3v) is 2.50. The Hall–Kier alpha value is -2.68. The number of carbonyl (C=O) groups excluding carboxylic acids is 2. The van der Waals surface area contributed by atoms with Gasteiger partial charge in [0.2, 0.25) is 5.96 Å². The fraction of sp³-hybridized carbons (Fsp3) is 0.308. The van der Waals surface area contributed by atoms with Gasteiger partial charge in [0.1, 0.15) is 11.9 Å². The molecule has 0 fully saturated rings. The Labute approximate surface area is 125 Å². The molecule has 0 saturated heterocycles. The number of halogens is 1. The molecule has 0 aliphatic heterocycles. The van der Waals surface area contributed by atoms with E-state index < -0.39 is 24.1 Å². The molecule has 0 spiro atoms. The maximum absolute atomic E-state index is 13.5. The van der Waals surface area contributed by atoms with E-state index in [4.69, 9.17) is 0 Å². The summed E-state index contributed by atoms with van der Waals surface area (Å²) in [4.78, 5) is 26.1. The monoisotopic (exact) mass is 313 g/mol. The number of nitrogens with zero attached hydrogens (tertiary/aromatic N) is 1. The Kier molecular flexibility index (Phi) is 6.77. The Bertz CT molecular complexity index is 544. The Balaban J connectivity index is 2.80. The molecule has 0 aromatic heterocycles. The number of aliphatic imine (C=N–C) groups is 1. The molecule has 1 aromatic rings. The van der Waals surface area contributed by atoms with Crippen LogP contribution in [0.4, 0.5) is 14.0 Å². The van der Waals surface area contributed by atoms with Gasteiger partial charge in [0.25, 0.3) is 0 Å². The van der Waals surface area contributed by atoms with Crippen LogP contribution in [0, 0.1) is 5.82 Å². The maximum atomic E-state index is 13.5. The number of ether oxygens (including phenoxy) is 2. The highest BCUT2D eigenvalue weighted by molar-refractivity contribution is 6.01. The molecule has 0 aliphatic carbocycles. The number of benzene rings is 1. The predicted molar refractivity (Wildman–Crippen MR) is 74.7 cm³/mol. The van der Waals surface area contributed by atoms with Gasteiger partial charge in [-0.3, -0.25) is 10.6 Å². The van der Waals surface area contributed by atoms with Gasteiger partial charge in [-0.1, -0.05) is 18.2 Å². The average Bonchev–Trinajstić information content (AvgIpc) is 2.52. The van der Waals surface area contributed by atoms with E-state index in [-0.39, 0.29) is 18.1 Å². The van der Waals surface area contributed by atoms with E-state index in [1.54, 1.807) is 6.07 Å². The normalized spacial score (nSPS) is 11.1. The summed E-state index contributed by atoms with van der Waals surface area (Å²) < 4.78 is 22.2. The maximum Gasteiger partial charge on any atom is 0.413 e. The van der Waals surface area contributed by atoms with E-state index >= 15 is 0 Å². The Morgan fingerprint density at radius 3 is 2.27 bits per heavy atom. The number of methoxy groups -OCH3 is 2. The lowest BCUT2D eigenvalue weighted by Gasteiger charge is -2.12. The number of hydrogen-bond donors (Lipinski definition) is 3. The molecule has 0 aliphatic rings. The first-order valence-corrected chi connectivity index (χ1v) is 6.14. The predicted octanol–water partition coefficient (Wildman–Crippen LogP) is 0.927. The van der Waals surface area contributed by atoms with E-state index in [0.717, 1.165) is 14.2 Å². The largest absolute Gasteiger partial charge is 0.453 e. The van der Waals surface area contributed by atoms with Gasteiger partial charge in [0.05, 0.1) is 20.8 Å².